The monoisotopic (exact) mass is 287 g/mol. The zero-order valence-corrected chi connectivity index (χ0v) is 12.7. The number of benzene rings is 1. The molecule has 5 heteroatoms. The van der Waals surface area contributed by atoms with Crippen LogP contribution in [0.25, 0.3) is 11.4 Å². The number of rotatable bonds is 6. The molecule has 5 nitrogen and oxygen atoms in total. The van der Waals surface area contributed by atoms with Crippen molar-refractivity contribution in [2.75, 3.05) is 0 Å². The molecule has 0 spiro atoms. The highest BCUT2D eigenvalue weighted by molar-refractivity contribution is 5.76. The maximum atomic E-state index is 11.7. The van der Waals surface area contributed by atoms with Crippen LogP contribution in [0, 0.1) is 6.92 Å². The van der Waals surface area contributed by atoms with Gasteiger partial charge in [-0.05, 0) is 20.3 Å². The minimum absolute atomic E-state index is 0.0134. The van der Waals surface area contributed by atoms with E-state index in [2.05, 4.69) is 15.5 Å². The van der Waals surface area contributed by atoms with Gasteiger partial charge in [0, 0.05) is 24.4 Å². The normalized spacial score (nSPS) is 12.1. The fraction of sp³-hybridized carbons (Fsp3) is 0.438. The quantitative estimate of drug-likeness (QED) is 0.887. The maximum absolute atomic E-state index is 11.7. The third kappa shape index (κ3) is 4.41. The molecule has 2 aromatic rings. The van der Waals surface area contributed by atoms with E-state index in [1.54, 1.807) is 0 Å². The molecule has 1 aromatic heterocycles. The van der Waals surface area contributed by atoms with Crippen molar-refractivity contribution in [3.05, 3.63) is 35.7 Å². The number of hydrogen-bond donors (Lipinski definition) is 1. The lowest BCUT2D eigenvalue weighted by molar-refractivity contribution is -0.121. The molecule has 0 unspecified atom stereocenters. The van der Waals surface area contributed by atoms with Crippen molar-refractivity contribution in [3.63, 3.8) is 0 Å². The van der Waals surface area contributed by atoms with Crippen LogP contribution in [0.2, 0.25) is 0 Å². The molecule has 0 radical (unpaired) electrons. The number of aromatic nitrogens is 2. The summed E-state index contributed by atoms with van der Waals surface area (Å²) in [6, 6.07) is 8.12. The van der Waals surface area contributed by atoms with E-state index >= 15 is 0 Å². The van der Waals surface area contributed by atoms with Crippen LogP contribution in [0.5, 0.6) is 0 Å². The first-order chi connectivity index (χ1) is 10.1. The highest BCUT2D eigenvalue weighted by Gasteiger charge is 2.11. The summed E-state index contributed by atoms with van der Waals surface area (Å²) in [4.78, 5) is 16.0. The molecule has 1 aromatic carbocycles. The first kappa shape index (κ1) is 15.2. The largest absolute Gasteiger partial charge is 0.354 e. The first-order valence-corrected chi connectivity index (χ1v) is 7.27. The van der Waals surface area contributed by atoms with E-state index in [4.69, 9.17) is 4.52 Å². The van der Waals surface area contributed by atoms with E-state index < -0.39 is 0 Å². The van der Waals surface area contributed by atoms with Crippen LogP contribution < -0.4 is 5.32 Å². The molecule has 1 N–H and O–H groups in total. The van der Waals surface area contributed by atoms with Crippen LogP contribution in [0.15, 0.2) is 28.8 Å². The summed E-state index contributed by atoms with van der Waals surface area (Å²) < 4.78 is 5.19. The van der Waals surface area contributed by atoms with E-state index in [-0.39, 0.29) is 11.9 Å². The molecular formula is C16H21N3O2. The average Bonchev–Trinajstić information content (AvgIpc) is 2.94. The highest BCUT2D eigenvalue weighted by atomic mass is 16.5. The molecule has 0 aliphatic heterocycles. The van der Waals surface area contributed by atoms with Crippen LogP contribution in [-0.2, 0) is 11.2 Å². The van der Waals surface area contributed by atoms with Crippen LogP contribution in [-0.4, -0.2) is 22.1 Å². The molecule has 1 heterocycles. The van der Waals surface area contributed by atoms with E-state index in [9.17, 15) is 4.79 Å². The van der Waals surface area contributed by atoms with Crippen molar-refractivity contribution >= 4 is 5.91 Å². The molecule has 0 aliphatic carbocycles. The minimum atomic E-state index is 0.0134. The Morgan fingerprint density at radius 2 is 2.05 bits per heavy atom. The van der Waals surface area contributed by atoms with Gasteiger partial charge in [-0.2, -0.15) is 4.98 Å². The number of nitrogens with zero attached hydrogens (tertiary/aromatic N) is 2. The zero-order chi connectivity index (χ0) is 15.2. The van der Waals surface area contributed by atoms with Gasteiger partial charge in [-0.1, -0.05) is 41.9 Å². The first-order valence-electron chi connectivity index (χ1n) is 7.27. The van der Waals surface area contributed by atoms with Crippen molar-refractivity contribution < 1.29 is 9.32 Å². The summed E-state index contributed by atoms with van der Waals surface area (Å²) >= 11 is 0. The average molecular weight is 287 g/mol. The molecule has 1 amide bonds. The molecule has 1 atom stereocenters. The van der Waals surface area contributed by atoms with Crippen molar-refractivity contribution in [3.8, 4) is 11.4 Å². The Hall–Kier alpha value is -2.17. The fourth-order valence-electron chi connectivity index (χ4n) is 1.85. The second-order valence-corrected chi connectivity index (χ2v) is 5.25. The SMILES string of the molecule is CC[C@H](C)NC(=O)CCc1nc(-c2ccc(C)cc2)no1. The topological polar surface area (TPSA) is 68.0 Å². The van der Waals surface area contributed by atoms with E-state index in [0.717, 1.165) is 12.0 Å². The Kier molecular flexibility index (Phi) is 5.09. The van der Waals surface area contributed by atoms with E-state index in [1.807, 2.05) is 45.0 Å². The molecule has 0 fully saturated rings. The summed E-state index contributed by atoms with van der Waals surface area (Å²) in [5.74, 6) is 1.07. The molecule has 0 bridgehead atoms. The van der Waals surface area contributed by atoms with E-state index in [1.165, 1.54) is 5.56 Å². The molecule has 21 heavy (non-hydrogen) atoms. The number of carbonyl (C=O) groups is 1. The van der Waals surface area contributed by atoms with Crippen molar-refractivity contribution in [1.29, 1.82) is 0 Å². The number of aryl methyl sites for hydroxylation is 2. The second kappa shape index (κ2) is 7.02. The maximum Gasteiger partial charge on any atom is 0.227 e. The number of nitrogens with one attached hydrogen (secondary N) is 1. The lowest BCUT2D eigenvalue weighted by Gasteiger charge is -2.10. The lowest BCUT2D eigenvalue weighted by Crippen LogP contribution is -2.32. The fourth-order valence-corrected chi connectivity index (χ4v) is 1.85. The van der Waals surface area contributed by atoms with Crippen LogP contribution >= 0.6 is 0 Å². The Morgan fingerprint density at radius 1 is 1.33 bits per heavy atom. The zero-order valence-electron chi connectivity index (χ0n) is 12.7. The van der Waals surface area contributed by atoms with Gasteiger partial charge in [0.2, 0.25) is 17.6 Å². The van der Waals surface area contributed by atoms with Gasteiger partial charge in [0.25, 0.3) is 0 Å². The van der Waals surface area contributed by atoms with Gasteiger partial charge in [0.15, 0.2) is 0 Å². The third-order valence-electron chi connectivity index (χ3n) is 3.36. The number of hydrogen-bond acceptors (Lipinski definition) is 4. The van der Waals surface area contributed by atoms with E-state index in [0.29, 0.717) is 24.6 Å². The second-order valence-electron chi connectivity index (χ2n) is 5.25. The van der Waals surface area contributed by atoms with Crippen molar-refractivity contribution in [2.24, 2.45) is 0 Å². The van der Waals surface area contributed by atoms with Gasteiger partial charge in [0.1, 0.15) is 0 Å². The Bertz CT molecular complexity index is 590. The highest BCUT2D eigenvalue weighted by Crippen LogP contribution is 2.16. The Balaban J connectivity index is 1.91. The minimum Gasteiger partial charge on any atom is -0.354 e. The van der Waals surface area contributed by atoms with Crippen LogP contribution in [0.3, 0.4) is 0 Å². The number of carbonyl (C=O) groups excluding carboxylic acids is 1. The summed E-state index contributed by atoms with van der Waals surface area (Å²) in [7, 11) is 0. The summed E-state index contributed by atoms with van der Waals surface area (Å²) in [5, 5.41) is 6.87. The smallest absolute Gasteiger partial charge is 0.227 e. The Labute approximate surface area is 124 Å². The van der Waals surface area contributed by atoms with Gasteiger partial charge in [-0.25, -0.2) is 0 Å². The molecule has 0 saturated heterocycles. The summed E-state index contributed by atoms with van der Waals surface area (Å²) in [6.07, 6.45) is 1.74. The van der Waals surface area contributed by atoms with Gasteiger partial charge < -0.3 is 9.84 Å². The van der Waals surface area contributed by atoms with Gasteiger partial charge in [-0.15, -0.1) is 0 Å². The standard InChI is InChI=1S/C16H21N3O2/c1-4-12(3)17-14(20)9-10-15-18-16(19-21-15)13-7-5-11(2)6-8-13/h5-8,12H,4,9-10H2,1-3H3,(H,17,20)/t12-/m0/s1. The molecule has 112 valence electrons. The summed E-state index contributed by atoms with van der Waals surface area (Å²) in [6.45, 7) is 6.05. The van der Waals surface area contributed by atoms with Crippen molar-refractivity contribution in [2.45, 2.75) is 46.1 Å². The lowest BCUT2D eigenvalue weighted by atomic mass is 10.1. The molecule has 0 aliphatic rings. The summed E-state index contributed by atoms with van der Waals surface area (Å²) in [5.41, 5.74) is 2.10. The van der Waals surface area contributed by atoms with Crippen LogP contribution in [0.4, 0.5) is 0 Å². The van der Waals surface area contributed by atoms with Crippen LogP contribution in [0.1, 0.15) is 38.1 Å². The predicted octanol–water partition coefficient (Wildman–Crippen LogP) is 2.89. The molecule has 2 rings (SSSR count). The molecule has 0 saturated carbocycles. The van der Waals surface area contributed by atoms with Crippen molar-refractivity contribution in [1.82, 2.24) is 15.5 Å². The van der Waals surface area contributed by atoms with Gasteiger partial charge >= 0.3 is 0 Å². The number of amides is 1. The predicted molar refractivity (Wildman–Crippen MR) is 80.7 cm³/mol. The third-order valence-corrected chi connectivity index (χ3v) is 3.36. The molecular weight excluding hydrogens is 266 g/mol. The Morgan fingerprint density at radius 3 is 2.71 bits per heavy atom. The van der Waals surface area contributed by atoms with Gasteiger partial charge in [-0.3, -0.25) is 4.79 Å². The van der Waals surface area contributed by atoms with Gasteiger partial charge in [0.05, 0.1) is 0 Å².